The molecule has 0 spiro atoms. The van der Waals surface area contributed by atoms with Gasteiger partial charge < -0.3 is 15.2 Å². The maximum absolute atomic E-state index is 11.4. The van der Waals surface area contributed by atoms with E-state index in [2.05, 4.69) is 19.2 Å². The highest BCUT2D eigenvalue weighted by Gasteiger charge is 2.13. The minimum absolute atomic E-state index is 0.129. The number of carboxylic acid groups (broad SMARTS) is 1. The average molecular weight is 279 g/mol. The second-order valence-electron chi connectivity index (χ2n) is 4.95. The van der Waals surface area contributed by atoms with Crippen molar-refractivity contribution >= 4 is 11.9 Å². The summed E-state index contributed by atoms with van der Waals surface area (Å²) >= 11 is 0. The van der Waals surface area contributed by atoms with Crippen molar-refractivity contribution in [1.82, 2.24) is 5.32 Å². The monoisotopic (exact) mass is 279 g/mol. The van der Waals surface area contributed by atoms with Crippen LogP contribution in [0.3, 0.4) is 0 Å². The molecule has 0 aliphatic heterocycles. The molecule has 0 aliphatic carbocycles. The van der Waals surface area contributed by atoms with E-state index in [0.29, 0.717) is 11.7 Å². The number of aliphatic carboxylic acids is 1. The quantitative estimate of drug-likeness (QED) is 0.802. The molecule has 1 rings (SSSR count). The van der Waals surface area contributed by atoms with Crippen molar-refractivity contribution in [3.63, 3.8) is 0 Å². The maximum atomic E-state index is 11.4. The molecule has 5 heteroatoms. The van der Waals surface area contributed by atoms with Crippen LogP contribution in [0.25, 0.3) is 0 Å². The van der Waals surface area contributed by atoms with Crippen molar-refractivity contribution in [2.75, 3.05) is 6.61 Å². The van der Waals surface area contributed by atoms with E-state index in [0.717, 1.165) is 0 Å². The molecule has 5 nitrogen and oxygen atoms in total. The molecular formula is C15H21NO4. The van der Waals surface area contributed by atoms with Gasteiger partial charge in [0.2, 0.25) is 5.91 Å². The Labute approximate surface area is 118 Å². The van der Waals surface area contributed by atoms with Crippen LogP contribution in [0.5, 0.6) is 5.75 Å². The van der Waals surface area contributed by atoms with Gasteiger partial charge in [0.25, 0.3) is 0 Å². The number of ether oxygens (including phenoxy) is 1. The molecule has 0 saturated heterocycles. The third-order valence-electron chi connectivity index (χ3n) is 2.89. The van der Waals surface area contributed by atoms with Crippen molar-refractivity contribution in [3.8, 4) is 5.75 Å². The second kappa shape index (κ2) is 7.53. The molecule has 0 radical (unpaired) electrons. The van der Waals surface area contributed by atoms with Gasteiger partial charge in [-0.2, -0.15) is 0 Å². The predicted molar refractivity (Wildman–Crippen MR) is 75.9 cm³/mol. The topological polar surface area (TPSA) is 75.6 Å². The molecule has 0 fully saturated rings. The van der Waals surface area contributed by atoms with E-state index in [1.165, 1.54) is 12.5 Å². The van der Waals surface area contributed by atoms with Crippen molar-refractivity contribution in [2.45, 2.75) is 39.2 Å². The van der Waals surface area contributed by atoms with E-state index in [1.807, 2.05) is 24.3 Å². The van der Waals surface area contributed by atoms with Crippen molar-refractivity contribution in [2.24, 2.45) is 0 Å². The fourth-order valence-electron chi connectivity index (χ4n) is 1.59. The van der Waals surface area contributed by atoms with Gasteiger partial charge in [-0.05, 0) is 30.5 Å². The zero-order valence-corrected chi connectivity index (χ0v) is 12.1. The summed E-state index contributed by atoms with van der Waals surface area (Å²) in [6, 6.07) is 6.84. The van der Waals surface area contributed by atoms with Gasteiger partial charge in [-0.25, -0.2) is 0 Å². The Balaban J connectivity index is 2.33. The number of carbonyl (C=O) groups excluding carboxylic acids is 1. The molecule has 0 saturated carbocycles. The number of hydrogen-bond acceptors (Lipinski definition) is 3. The molecule has 1 amide bonds. The normalized spacial score (nSPS) is 12.0. The van der Waals surface area contributed by atoms with Crippen molar-refractivity contribution < 1.29 is 19.4 Å². The zero-order chi connectivity index (χ0) is 15.1. The number of rotatable bonds is 7. The molecule has 2 N–H and O–H groups in total. The van der Waals surface area contributed by atoms with E-state index in [-0.39, 0.29) is 18.9 Å². The minimum Gasteiger partial charge on any atom is -0.493 e. The smallest absolute Gasteiger partial charge is 0.325 e. The number of nitrogens with one attached hydrogen (secondary N) is 1. The Morgan fingerprint density at radius 3 is 2.30 bits per heavy atom. The third kappa shape index (κ3) is 5.30. The first-order valence-electron chi connectivity index (χ1n) is 6.65. The Bertz CT molecular complexity index is 453. The van der Waals surface area contributed by atoms with E-state index >= 15 is 0 Å². The van der Waals surface area contributed by atoms with Gasteiger partial charge in [-0.1, -0.05) is 26.0 Å². The summed E-state index contributed by atoms with van der Waals surface area (Å²) in [5, 5.41) is 11.0. The summed E-state index contributed by atoms with van der Waals surface area (Å²) in [5.41, 5.74) is 1.23. The largest absolute Gasteiger partial charge is 0.493 e. The van der Waals surface area contributed by atoms with Gasteiger partial charge in [0.15, 0.2) is 0 Å². The molecule has 0 aliphatic rings. The lowest BCUT2D eigenvalue weighted by Crippen LogP contribution is -2.38. The third-order valence-corrected chi connectivity index (χ3v) is 2.89. The molecule has 1 unspecified atom stereocenters. The van der Waals surface area contributed by atoms with Crippen LogP contribution in [-0.2, 0) is 9.59 Å². The van der Waals surface area contributed by atoms with Gasteiger partial charge in [0.05, 0.1) is 13.0 Å². The highest BCUT2D eigenvalue weighted by molar-refractivity contribution is 5.83. The first kappa shape index (κ1) is 16.0. The average Bonchev–Trinajstić information content (AvgIpc) is 2.39. The lowest BCUT2D eigenvalue weighted by Gasteiger charge is -2.11. The zero-order valence-electron chi connectivity index (χ0n) is 12.1. The van der Waals surface area contributed by atoms with Gasteiger partial charge in [0, 0.05) is 0 Å². The van der Waals surface area contributed by atoms with E-state index < -0.39 is 12.0 Å². The Hall–Kier alpha value is -2.04. The Morgan fingerprint density at radius 1 is 1.20 bits per heavy atom. The highest BCUT2D eigenvalue weighted by Crippen LogP contribution is 2.18. The van der Waals surface area contributed by atoms with Gasteiger partial charge in [-0.15, -0.1) is 0 Å². The van der Waals surface area contributed by atoms with Crippen LogP contribution >= 0.6 is 0 Å². The van der Waals surface area contributed by atoms with Crippen LogP contribution in [-0.4, -0.2) is 29.6 Å². The van der Waals surface area contributed by atoms with Gasteiger partial charge >= 0.3 is 5.97 Å². The van der Waals surface area contributed by atoms with E-state index in [1.54, 1.807) is 0 Å². The number of benzene rings is 1. The molecule has 1 atom stereocenters. The van der Waals surface area contributed by atoms with Gasteiger partial charge in [-0.3, -0.25) is 9.59 Å². The maximum Gasteiger partial charge on any atom is 0.325 e. The molecular weight excluding hydrogens is 258 g/mol. The lowest BCUT2D eigenvalue weighted by atomic mass is 10.0. The summed E-state index contributed by atoms with van der Waals surface area (Å²) in [4.78, 5) is 22.0. The van der Waals surface area contributed by atoms with Crippen molar-refractivity contribution in [1.29, 1.82) is 0 Å². The van der Waals surface area contributed by atoms with Crippen LogP contribution in [0.2, 0.25) is 0 Å². The molecule has 1 aromatic rings. The molecule has 110 valence electrons. The number of carboxylic acids is 1. The first-order chi connectivity index (χ1) is 9.40. The van der Waals surface area contributed by atoms with E-state index in [4.69, 9.17) is 9.84 Å². The molecule has 20 heavy (non-hydrogen) atoms. The number of hydrogen-bond donors (Lipinski definition) is 2. The van der Waals surface area contributed by atoms with Crippen LogP contribution in [0, 0.1) is 0 Å². The van der Waals surface area contributed by atoms with Gasteiger partial charge in [0.1, 0.15) is 11.8 Å². The van der Waals surface area contributed by atoms with E-state index in [9.17, 15) is 9.59 Å². The molecule has 0 heterocycles. The summed E-state index contributed by atoms with van der Waals surface area (Å²) in [7, 11) is 0. The Morgan fingerprint density at radius 2 is 1.80 bits per heavy atom. The SMILES string of the molecule is CC(NC(=O)CCOc1ccc(C(C)C)cc1)C(=O)O. The fraction of sp³-hybridized carbons (Fsp3) is 0.467. The molecule has 0 aromatic heterocycles. The van der Waals surface area contributed by atoms with Crippen LogP contribution in [0.15, 0.2) is 24.3 Å². The number of carbonyl (C=O) groups is 2. The van der Waals surface area contributed by atoms with Crippen LogP contribution < -0.4 is 10.1 Å². The molecule has 1 aromatic carbocycles. The minimum atomic E-state index is -1.05. The number of amides is 1. The standard InChI is InChI=1S/C15H21NO4/c1-10(2)12-4-6-13(7-5-12)20-9-8-14(17)16-11(3)15(18)19/h4-7,10-11H,8-9H2,1-3H3,(H,16,17)(H,18,19). The summed E-state index contributed by atoms with van der Waals surface area (Å²) < 4.78 is 5.45. The van der Waals surface area contributed by atoms with Crippen LogP contribution in [0.1, 0.15) is 38.7 Å². The lowest BCUT2D eigenvalue weighted by molar-refractivity contribution is -0.141. The van der Waals surface area contributed by atoms with Crippen molar-refractivity contribution in [3.05, 3.63) is 29.8 Å². The Kier molecular flexibility index (Phi) is 6.03. The fourth-order valence-corrected chi connectivity index (χ4v) is 1.59. The highest BCUT2D eigenvalue weighted by atomic mass is 16.5. The predicted octanol–water partition coefficient (Wildman–Crippen LogP) is 2.17. The second-order valence-corrected chi connectivity index (χ2v) is 4.95. The summed E-state index contributed by atoms with van der Waals surface area (Å²) in [6.07, 6.45) is 0.129. The van der Waals surface area contributed by atoms with Crippen LogP contribution in [0.4, 0.5) is 0 Å². The molecule has 0 bridgehead atoms. The first-order valence-corrected chi connectivity index (χ1v) is 6.65. The summed E-state index contributed by atoms with van der Waals surface area (Å²) in [6.45, 7) is 5.87. The summed E-state index contributed by atoms with van der Waals surface area (Å²) in [5.74, 6) is -0.219.